The molecule has 2 aliphatic carbocycles. The summed E-state index contributed by atoms with van der Waals surface area (Å²) in [5.74, 6) is 0.0156. The van der Waals surface area contributed by atoms with E-state index < -0.39 is 31.7 Å². The number of aliphatic hydroxyl groups excluding tert-OH is 1. The zero-order valence-electron chi connectivity index (χ0n) is 28.2. The third-order valence-electron chi connectivity index (χ3n) is 11.5. The summed E-state index contributed by atoms with van der Waals surface area (Å²) in [6.07, 6.45) is 3.18. The normalized spacial score (nSPS) is 22.6. The molecule has 1 aromatic carbocycles. The number of alkyl halides is 3. The predicted octanol–water partition coefficient (Wildman–Crippen LogP) is 8.93. The van der Waals surface area contributed by atoms with Crippen LogP contribution in [0.25, 0.3) is 5.57 Å². The second-order valence-electron chi connectivity index (χ2n) is 15.5. The van der Waals surface area contributed by atoms with Crippen molar-refractivity contribution in [1.29, 1.82) is 5.26 Å². The van der Waals surface area contributed by atoms with Gasteiger partial charge in [0.05, 0.1) is 42.2 Å². The van der Waals surface area contributed by atoms with E-state index >= 15 is 0 Å². The minimum atomic E-state index is -4.68. The van der Waals surface area contributed by atoms with Gasteiger partial charge in [0, 0.05) is 36.0 Å². The summed E-state index contributed by atoms with van der Waals surface area (Å²) in [6, 6.07) is 5.12. The van der Waals surface area contributed by atoms with E-state index in [1.165, 1.54) is 18.6 Å². The molecule has 1 saturated heterocycles. The molecular formula is C37H47F3N2O4Si. The van der Waals surface area contributed by atoms with Crippen molar-refractivity contribution in [2.24, 2.45) is 5.41 Å². The number of aromatic nitrogens is 1. The van der Waals surface area contributed by atoms with Gasteiger partial charge in [0.25, 0.3) is 0 Å². The van der Waals surface area contributed by atoms with Crippen LogP contribution in [0, 0.1) is 16.7 Å². The Kier molecular flexibility index (Phi) is 9.29. The lowest BCUT2D eigenvalue weighted by molar-refractivity contribution is -0.137. The zero-order valence-corrected chi connectivity index (χ0v) is 29.2. The van der Waals surface area contributed by atoms with E-state index in [0.717, 1.165) is 72.7 Å². The van der Waals surface area contributed by atoms with Crippen LogP contribution in [0.15, 0.2) is 24.3 Å². The first-order valence-corrected chi connectivity index (χ1v) is 19.9. The van der Waals surface area contributed by atoms with Crippen LogP contribution >= 0.6 is 0 Å². The maximum absolute atomic E-state index is 13.8. The Morgan fingerprint density at radius 3 is 2.40 bits per heavy atom. The highest BCUT2D eigenvalue weighted by molar-refractivity contribution is 6.74. The number of hydrogen-bond donors (Lipinski definition) is 1. The Hall–Kier alpha value is -2.55. The van der Waals surface area contributed by atoms with Crippen molar-refractivity contribution in [2.45, 2.75) is 115 Å². The van der Waals surface area contributed by atoms with Gasteiger partial charge in [-0.25, -0.2) is 0 Å². The van der Waals surface area contributed by atoms with Gasteiger partial charge in [-0.15, -0.1) is 0 Å². The van der Waals surface area contributed by atoms with E-state index in [-0.39, 0.29) is 28.0 Å². The fourth-order valence-electron chi connectivity index (χ4n) is 7.68. The lowest BCUT2D eigenvalue weighted by atomic mass is 9.59. The van der Waals surface area contributed by atoms with Gasteiger partial charge < -0.3 is 19.0 Å². The molecule has 6 nitrogen and oxygen atoms in total. The molecule has 2 aliphatic heterocycles. The summed E-state index contributed by atoms with van der Waals surface area (Å²) < 4.78 is 60.2. The van der Waals surface area contributed by atoms with Crippen molar-refractivity contribution in [3.8, 4) is 6.07 Å². The Morgan fingerprint density at radius 2 is 1.83 bits per heavy atom. The zero-order chi connectivity index (χ0) is 33.8. The van der Waals surface area contributed by atoms with Crippen molar-refractivity contribution >= 4 is 13.9 Å². The fraction of sp³-hybridized carbons (Fsp3) is 0.622. The number of halogens is 3. The first-order valence-electron chi connectivity index (χ1n) is 17.0. The van der Waals surface area contributed by atoms with Gasteiger partial charge >= 0.3 is 6.18 Å². The monoisotopic (exact) mass is 668 g/mol. The molecule has 1 aromatic heterocycles. The van der Waals surface area contributed by atoms with Crippen molar-refractivity contribution in [1.82, 2.24) is 4.98 Å². The highest BCUT2D eigenvalue weighted by Gasteiger charge is 2.50. The van der Waals surface area contributed by atoms with Crippen molar-refractivity contribution < 1.29 is 32.2 Å². The molecule has 1 N–H and O–H groups in total. The van der Waals surface area contributed by atoms with Gasteiger partial charge in [-0.05, 0) is 97.3 Å². The third-order valence-corrected chi connectivity index (χ3v) is 16.0. The lowest BCUT2D eigenvalue weighted by Crippen LogP contribution is -2.46. The minimum absolute atomic E-state index is 0.0156. The second-order valence-corrected chi connectivity index (χ2v) is 20.3. The topological polar surface area (TPSA) is 84.6 Å². The quantitative estimate of drug-likeness (QED) is 0.310. The van der Waals surface area contributed by atoms with E-state index in [1.807, 2.05) is 0 Å². The number of benzene rings is 1. The molecule has 2 fully saturated rings. The lowest BCUT2D eigenvalue weighted by Gasteiger charge is -2.51. The van der Waals surface area contributed by atoms with Crippen LogP contribution in [0.4, 0.5) is 13.2 Å². The number of ether oxygens (including phenoxy) is 2. The van der Waals surface area contributed by atoms with Crippen LogP contribution in [-0.4, -0.2) is 44.8 Å². The van der Waals surface area contributed by atoms with E-state index in [4.69, 9.17) is 18.9 Å². The Balaban J connectivity index is 1.62. The van der Waals surface area contributed by atoms with Crippen LogP contribution in [-0.2, 0) is 26.5 Å². The second kappa shape index (κ2) is 12.7. The first-order chi connectivity index (χ1) is 22.1. The number of nitrogens with zero attached hydrogens (tertiary/aromatic N) is 2. The number of aliphatic hydroxyl groups is 1. The molecule has 0 amide bonds. The molecule has 0 radical (unpaired) electrons. The van der Waals surface area contributed by atoms with Gasteiger partial charge in [0.2, 0.25) is 0 Å². The van der Waals surface area contributed by atoms with Crippen LogP contribution in [0.3, 0.4) is 0 Å². The summed E-state index contributed by atoms with van der Waals surface area (Å²) in [4.78, 5) is 5.47. The summed E-state index contributed by atoms with van der Waals surface area (Å²) >= 11 is 0. The van der Waals surface area contributed by atoms with Gasteiger partial charge in [0.15, 0.2) is 8.32 Å². The van der Waals surface area contributed by atoms with Crippen molar-refractivity contribution in [2.75, 3.05) is 26.4 Å². The molecule has 3 heterocycles. The average Bonchev–Trinajstić information content (AvgIpc) is 3.02. The Bertz CT molecular complexity index is 1580. The van der Waals surface area contributed by atoms with Crippen molar-refractivity contribution in [3.63, 3.8) is 0 Å². The largest absolute Gasteiger partial charge is 0.417 e. The maximum atomic E-state index is 13.8. The number of rotatable bonds is 6. The molecule has 4 aliphatic rings. The number of fused-ring (bicyclic) bond motifs is 1. The SMILES string of the molecule is CC(C)(C)[Si](C)(C)O[C@@H]1CC2(CCC2)Cc2nc(C3CCOCC3)c(C(O)c3ccc(C(F)(F)F)c(C#N)c3)c(C3=CCOCC3)c21. The molecule has 1 saturated carbocycles. The Labute approximate surface area is 277 Å². The maximum Gasteiger partial charge on any atom is 0.417 e. The third kappa shape index (κ3) is 6.59. The molecule has 10 heteroatoms. The van der Waals surface area contributed by atoms with Gasteiger partial charge in [0.1, 0.15) is 6.10 Å². The molecule has 1 spiro atoms. The smallest absolute Gasteiger partial charge is 0.410 e. The van der Waals surface area contributed by atoms with Gasteiger partial charge in [-0.1, -0.05) is 39.3 Å². The predicted molar refractivity (Wildman–Crippen MR) is 176 cm³/mol. The van der Waals surface area contributed by atoms with E-state index in [0.29, 0.717) is 38.4 Å². The van der Waals surface area contributed by atoms with Gasteiger partial charge in [-0.3, -0.25) is 4.98 Å². The van der Waals surface area contributed by atoms with E-state index in [1.54, 1.807) is 6.07 Å². The number of nitriles is 1. The first kappa shape index (κ1) is 34.3. The molecule has 6 rings (SSSR count). The highest BCUT2D eigenvalue weighted by atomic mass is 28.4. The summed E-state index contributed by atoms with van der Waals surface area (Å²) in [5.41, 5.74) is 4.31. The van der Waals surface area contributed by atoms with Crippen LogP contribution in [0.1, 0.15) is 129 Å². The molecule has 2 atom stereocenters. The van der Waals surface area contributed by atoms with E-state index in [9.17, 15) is 23.5 Å². The summed E-state index contributed by atoms with van der Waals surface area (Å²) in [6.45, 7) is 13.4. The molecule has 1 unspecified atom stereocenters. The minimum Gasteiger partial charge on any atom is -0.410 e. The molecule has 47 heavy (non-hydrogen) atoms. The molecule has 0 bridgehead atoms. The van der Waals surface area contributed by atoms with Crippen LogP contribution in [0.2, 0.25) is 18.1 Å². The Morgan fingerprint density at radius 1 is 1.11 bits per heavy atom. The van der Waals surface area contributed by atoms with Crippen LogP contribution in [0.5, 0.6) is 0 Å². The molecular weight excluding hydrogens is 621 g/mol. The summed E-state index contributed by atoms with van der Waals surface area (Å²) in [5, 5.41) is 22.1. The number of pyridine rings is 1. The molecule has 254 valence electrons. The average molecular weight is 669 g/mol. The van der Waals surface area contributed by atoms with Crippen LogP contribution < -0.4 is 0 Å². The standard InChI is InChI=1S/C37H47F3N2O4Si/c1-35(2,3)47(4,5)46-29-21-36(13-6-14-36)20-28-31(29)30(23-9-15-44-16-10-23)32(33(42-28)24-11-17-45-18-12-24)34(43)25-7-8-27(37(38,39)40)26(19-25)22-41/h7-9,19,24,29,34,43H,6,10-18,20-21H2,1-5H3/t29-,34?/m1/s1. The van der Waals surface area contributed by atoms with E-state index in [2.05, 4.69) is 39.9 Å². The van der Waals surface area contributed by atoms with Gasteiger partial charge in [-0.2, -0.15) is 18.4 Å². The van der Waals surface area contributed by atoms with Crippen molar-refractivity contribution in [3.05, 3.63) is 69.0 Å². The number of hydrogen-bond acceptors (Lipinski definition) is 6. The molecule has 2 aromatic rings. The fourth-order valence-corrected chi connectivity index (χ4v) is 8.94. The summed E-state index contributed by atoms with van der Waals surface area (Å²) in [7, 11) is -2.27. The highest BCUT2D eigenvalue weighted by Crippen LogP contribution is 2.58.